The second-order valence-electron chi connectivity index (χ2n) is 4.47. The number of aromatic nitrogens is 1. The minimum atomic E-state index is -1.02. The van der Waals surface area contributed by atoms with Crippen LogP contribution in [0.4, 0.5) is 5.82 Å². The van der Waals surface area contributed by atoms with Crippen molar-refractivity contribution in [1.82, 2.24) is 4.98 Å². The van der Waals surface area contributed by atoms with Crippen molar-refractivity contribution < 1.29 is 14.6 Å². The van der Waals surface area contributed by atoms with Crippen LogP contribution < -0.4 is 5.32 Å². The van der Waals surface area contributed by atoms with Crippen LogP contribution in [0.15, 0.2) is 18.2 Å². The quantitative estimate of drug-likeness (QED) is 0.833. The van der Waals surface area contributed by atoms with E-state index in [1.54, 1.807) is 12.1 Å². The first-order valence-electron chi connectivity index (χ1n) is 5.67. The van der Waals surface area contributed by atoms with Crippen molar-refractivity contribution in [3.05, 3.63) is 23.9 Å². The van der Waals surface area contributed by atoms with Gasteiger partial charge in [0.25, 0.3) is 0 Å². The number of carbonyl (C=O) groups is 1. The summed E-state index contributed by atoms with van der Waals surface area (Å²) in [7, 11) is 0. The molecule has 1 saturated heterocycles. The number of hydrogen-bond donors (Lipinski definition) is 2. The van der Waals surface area contributed by atoms with Crippen molar-refractivity contribution in [1.29, 1.82) is 0 Å². The molecule has 0 saturated carbocycles. The maximum Gasteiger partial charge on any atom is 0.354 e. The van der Waals surface area contributed by atoms with Gasteiger partial charge in [-0.3, -0.25) is 0 Å². The molecule has 2 rings (SSSR count). The number of carboxylic acid groups (broad SMARTS) is 1. The van der Waals surface area contributed by atoms with Crippen LogP contribution in [0.25, 0.3) is 0 Å². The van der Waals surface area contributed by atoms with Gasteiger partial charge in [0.15, 0.2) is 5.69 Å². The first-order valence-corrected chi connectivity index (χ1v) is 5.67. The van der Waals surface area contributed by atoms with Crippen molar-refractivity contribution in [3.8, 4) is 0 Å². The van der Waals surface area contributed by atoms with Crippen LogP contribution in [-0.4, -0.2) is 34.8 Å². The monoisotopic (exact) mass is 236 g/mol. The molecule has 2 heterocycles. The molecule has 1 aromatic rings. The van der Waals surface area contributed by atoms with E-state index in [1.165, 1.54) is 6.07 Å². The highest BCUT2D eigenvalue weighted by Crippen LogP contribution is 2.25. The van der Waals surface area contributed by atoms with E-state index in [1.807, 2.05) is 6.92 Å². The summed E-state index contributed by atoms with van der Waals surface area (Å²) in [5, 5.41) is 11.9. The average Bonchev–Trinajstić information content (AvgIpc) is 2.75. The molecule has 1 aromatic heterocycles. The molecule has 1 atom stereocenters. The van der Waals surface area contributed by atoms with E-state index in [0.717, 1.165) is 19.4 Å². The van der Waals surface area contributed by atoms with Crippen molar-refractivity contribution >= 4 is 11.8 Å². The number of nitrogens with zero attached hydrogens (tertiary/aromatic N) is 1. The number of rotatable bonds is 4. The summed E-state index contributed by atoms with van der Waals surface area (Å²) in [6.45, 7) is 3.48. The van der Waals surface area contributed by atoms with Gasteiger partial charge in [-0.25, -0.2) is 9.78 Å². The first-order chi connectivity index (χ1) is 8.09. The molecule has 1 aliphatic heterocycles. The Kier molecular flexibility index (Phi) is 3.28. The molecule has 0 aromatic carbocycles. The highest BCUT2D eigenvalue weighted by Gasteiger charge is 2.29. The van der Waals surface area contributed by atoms with Crippen LogP contribution >= 0.6 is 0 Å². The Labute approximate surface area is 99.8 Å². The third kappa shape index (κ3) is 2.94. The van der Waals surface area contributed by atoms with E-state index in [4.69, 9.17) is 9.84 Å². The van der Waals surface area contributed by atoms with Gasteiger partial charge in [0, 0.05) is 13.2 Å². The molecule has 5 heteroatoms. The Hall–Kier alpha value is -1.62. The number of carboxylic acids is 1. The second-order valence-corrected chi connectivity index (χ2v) is 4.47. The molecule has 1 aliphatic rings. The number of anilines is 1. The molecule has 0 bridgehead atoms. The first kappa shape index (κ1) is 11.9. The molecule has 5 nitrogen and oxygen atoms in total. The molecule has 2 N–H and O–H groups in total. The number of hydrogen-bond acceptors (Lipinski definition) is 4. The lowest BCUT2D eigenvalue weighted by Gasteiger charge is -2.23. The zero-order valence-corrected chi connectivity index (χ0v) is 9.77. The fourth-order valence-electron chi connectivity index (χ4n) is 1.91. The third-order valence-electron chi connectivity index (χ3n) is 2.91. The summed E-state index contributed by atoms with van der Waals surface area (Å²) in [5.74, 6) is -0.446. The van der Waals surface area contributed by atoms with Crippen LogP contribution in [0.5, 0.6) is 0 Å². The van der Waals surface area contributed by atoms with Gasteiger partial charge in [0.1, 0.15) is 5.82 Å². The lowest BCUT2D eigenvalue weighted by atomic mass is 10.0. The Morgan fingerprint density at radius 3 is 3.12 bits per heavy atom. The molecular weight excluding hydrogens is 220 g/mol. The molecule has 1 unspecified atom stereocenters. The van der Waals surface area contributed by atoms with Gasteiger partial charge in [-0.05, 0) is 31.9 Å². The van der Waals surface area contributed by atoms with Gasteiger partial charge in [0.05, 0.1) is 5.60 Å². The van der Waals surface area contributed by atoms with Gasteiger partial charge in [0.2, 0.25) is 0 Å². The smallest absolute Gasteiger partial charge is 0.354 e. The number of ether oxygens (including phenoxy) is 1. The number of pyridine rings is 1. The molecule has 92 valence electrons. The van der Waals surface area contributed by atoms with Gasteiger partial charge < -0.3 is 15.2 Å². The fraction of sp³-hybridized carbons (Fsp3) is 0.500. The Morgan fingerprint density at radius 2 is 2.47 bits per heavy atom. The highest BCUT2D eigenvalue weighted by atomic mass is 16.5. The predicted octanol–water partition coefficient (Wildman–Crippen LogP) is 1.76. The Balaban J connectivity index is 1.99. The predicted molar refractivity (Wildman–Crippen MR) is 63.3 cm³/mol. The fourth-order valence-corrected chi connectivity index (χ4v) is 1.91. The van der Waals surface area contributed by atoms with Gasteiger partial charge in [-0.2, -0.15) is 0 Å². The minimum absolute atomic E-state index is 0.0486. The molecule has 0 spiro atoms. The highest BCUT2D eigenvalue weighted by molar-refractivity contribution is 5.85. The van der Waals surface area contributed by atoms with Gasteiger partial charge in [-0.15, -0.1) is 0 Å². The van der Waals surface area contributed by atoms with Crippen molar-refractivity contribution in [2.75, 3.05) is 18.5 Å². The third-order valence-corrected chi connectivity index (χ3v) is 2.91. The average molecular weight is 236 g/mol. The maximum absolute atomic E-state index is 10.8. The minimum Gasteiger partial charge on any atom is -0.477 e. The van der Waals surface area contributed by atoms with Crippen LogP contribution in [0.3, 0.4) is 0 Å². The Bertz CT molecular complexity index is 414. The lowest BCUT2D eigenvalue weighted by Crippen LogP contribution is -2.32. The standard InChI is InChI=1S/C12H16N2O3/c1-12(6-3-7-17-12)8-13-10-5-2-4-9(14-10)11(15)16/h2,4-5H,3,6-8H2,1H3,(H,13,14)(H,15,16). The topological polar surface area (TPSA) is 71.5 Å². The molecule has 0 amide bonds. The van der Waals surface area contributed by atoms with Gasteiger partial charge in [-0.1, -0.05) is 6.07 Å². The molecule has 1 fully saturated rings. The number of aromatic carboxylic acids is 1. The molecule has 17 heavy (non-hydrogen) atoms. The number of nitrogens with one attached hydrogen (secondary N) is 1. The van der Waals surface area contributed by atoms with Crippen molar-refractivity contribution in [3.63, 3.8) is 0 Å². The zero-order valence-electron chi connectivity index (χ0n) is 9.77. The zero-order chi connectivity index (χ0) is 12.3. The van der Waals surface area contributed by atoms with Crippen LogP contribution in [-0.2, 0) is 4.74 Å². The van der Waals surface area contributed by atoms with Gasteiger partial charge >= 0.3 is 5.97 Å². The molecule has 0 aliphatic carbocycles. The summed E-state index contributed by atoms with van der Waals surface area (Å²) >= 11 is 0. The van der Waals surface area contributed by atoms with Crippen molar-refractivity contribution in [2.45, 2.75) is 25.4 Å². The van der Waals surface area contributed by atoms with Crippen LogP contribution in [0.2, 0.25) is 0 Å². The van der Waals surface area contributed by atoms with E-state index in [-0.39, 0.29) is 11.3 Å². The van der Waals surface area contributed by atoms with E-state index < -0.39 is 5.97 Å². The largest absolute Gasteiger partial charge is 0.477 e. The summed E-state index contributed by atoms with van der Waals surface area (Å²) in [6.07, 6.45) is 2.08. The van der Waals surface area contributed by atoms with Crippen LogP contribution in [0.1, 0.15) is 30.3 Å². The van der Waals surface area contributed by atoms with E-state index in [2.05, 4.69) is 10.3 Å². The molecular formula is C12H16N2O3. The van der Waals surface area contributed by atoms with E-state index >= 15 is 0 Å². The van der Waals surface area contributed by atoms with E-state index in [9.17, 15) is 4.79 Å². The van der Waals surface area contributed by atoms with E-state index in [0.29, 0.717) is 12.4 Å². The maximum atomic E-state index is 10.8. The SMILES string of the molecule is CC1(CNc2cccc(C(=O)O)n2)CCCO1. The molecule has 0 radical (unpaired) electrons. The van der Waals surface area contributed by atoms with Crippen molar-refractivity contribution in [2.24, 2.45) is 0 Å². The summed E-state index contributed by atoms with van der Waals surface area (Å²) in [4.78, 5) is 14.8. The second kappa shape index (κ2) is 4.71. The normalized spacial score (nSPS) is 23.6. The summed E-state index contributed by atoms with van der Waals surface area (Å²) in [5.41, 5.74) is -0.117. The van der Waals surface area contributed by atoms with Crippen LogP contribution in [0, 0.1) is 0 Å². The summed E-state index contributed by atoms with van der Waals surface area (Å²) in [6, 6.07) is 4.91. The summed E-state index contributed by atoms with van der Waals surface area (Å²) < 4.78 is 5.63. The lowest BCUT2D eigenvalue weighted by molar-refractivity contribution is 0.0315. The Morgan fingerprint density at radius 1 is 1.65 bits per heavy atom.